The maximum absolute atomic E-state index is 14.5. The molecule has 1 aliphatic carbocycles. The van der Waals surface area contributed by atoms with Crippen molar-refractivity contribution in [1.82, 2.24) is 14.7 Å². The Kier molecular flexibility index (Phi) is 7.81. The van der Waals surface area contributed by atoms with Crippen molar-refractivity contribution in [1.29, 1.82) is 0 Å². The fourth-order valence-electron chi connectivity index (χ4n) is 8.07. The second kappa shape index (κ2) is 11.4. The lowest BCUT2D eigenvalue weighted by Gasteiger charge is -2.40. The van der Waals surface area contributed by atoms with Gasteiger partial charge in [0, 0.05) is 38.8 Å². The summed E-state index contributed by atoms with van der Waals surface area (Å²) in [6, 6.07) is 9.25. The van der Waals surface area contributed by atoms with Crippen molar-refractivity contribution in [3.63, 3.8) is 0 Å². The van der Waals surface area contributed by atoms with E-state index in [2.05, 4.69) is 0 Å². The van der Waals surface area contributed by atoms with Crippen molar-refractivity contribution >= 4 is 17.7 Å². The first-order valence-corrected chi connectivity index (χ1v) is 15.5. The number of carbonyl (C=O) groups excluding carboxylic acids is 3. The van der Waals surface area contributed by atoms with Crippen molar-refractivity contribution in [2.45, 2.75) is 88.1 Å². The number of fused-ring (bicyclic) bond motifs is 2. The number of aliphatic hydroxyl groups excluding tert-OH is 1. The number of ether oxygens (including phenoxy) is 1. The third-order valence-electron chi connectivity index (χ3n) is 9.96. The summed E-state index contributed by atoms with van der Waals surface area (Å²) in [5, 5.41) is 9.31. The number of likely N-dealkylation sites (tertiary alicyclic amines) is 1. The second-order valence-corrected chi connectivity index (χ2v) is 12.6. The van der Waals surface area contributed by atoms with Crippen LogP contribution in [-0.2, 0) is 25.7 Å². The Labute approximate surface area is 243 Å². The molecule has 0 bridgehead atoms. The average molecular weight is 562 g/mol. The SMILES string of the molecule is C[C@]12C=CCN(Cc3ccccc3)C(=O)[C@H]1[C@H]1C(=O)N(CCCCCO)C3C(=O)N(C4CCCCC4)CC=C[C@@]31O2. The van der Waals surface area contributed by atoms with Crippen LogP contribution in [0.15, 0.2) is 54.6 Å². The molecule has 1 aromatic rings. The van der Waals surface area contributed by atoms with E-state index in [0.717, 1.165) is 37.7 Å². The van der Waals surface area contributed by atoms with Gasteiger partial charge in [-0.15, -0.1) is 0 Å². The fraction of sp³-hybridized carbons (Fsp3) is 0.606. The van der Waals surface area contributed by atoms with Crippen molar-refractivity contribution < 1.29 is 24.2 Å². The predicted molar refractivity (Wildman–Crippen MR) is 154 cm³/mol. The number of carbonyl (C=O) groups is 3. The zero-order chi connectivity index (χ0) is 28.6. The van der Waals surface area contributed by atoms with Gasteiger partial charge in [0.1, 0.15) is 11.6 Å². The monoisotopic (exact) mass is 561 g/mol. The maximum atomic E-state index is 14.5. The molecule has 4 aliphatic heterocycles. The number of hydrogen-bond acceptors (Lipinski definition) is 5. The Bertz CT molecular complexity index is 1210. The molecule has 1 spiro atoms. The Hall–Kier alpha value is -2.97. The molecule has 5 atom stereocenters. The molecular formula is C33H43N3O5. The summed E-state index contributed by atoms with van der Waals surface area (Å²) in [7, 11) is 0. The molecule has 2 saturated heterocycles. The molecule has 1 unspecified atom stereocenters. The molecule has 8 heteroatoms. The van der Waals surface area contributed by atoms with E-state index < -0.39 is 29.1 Å². The highest BCUT2D eigenvalue weighted by Crippen LogP contribution is 2.57. The summed E-state index contributed by atoms with van der Waals surface area (Å²) >= 11 is 0. The van der Waals surface area contributed by atoms with Gasteiger partial charge in [0.15, 0.2) is 0 Å². The van der Waals surface area contributed by atoms with E-state index in [9.17, 15) is 19.5 Å². The van der Waals surface area contributed by atoms with Crippen molar-refractivity contribution in [2.75, 3.05) is 26.2 Å². The summed E-state index contributed by atoms with van der Waals surface area (Å²) < 4.78 is 6.96. The Morgan fingerprint density at radius 3 is 2.39 bits per heavy atom. The molecule has 8 nitrogen and oxygen atoms in total. The smallest absolute Gasteiger partial charge is 0.249 e. The van der Waals surface area contributed by atoms with Gasteiger partial charge < -0.3 is 24.5 Å². The van der Waals surface area contributed by atoms with Crippen LogP contribution in [0.2, 0.25) is 0 Å². The quantitative estimate of drug-likeness (QED) is 0.388. The maximum Gasteiger partial charge on any atom is 0.249 e. The third-order valence-corrected chi connectivity index (χ3v) is 9.96. The number of unbranched alkanes of at least 4 members (excludes halogenated alkanes) is 2. The van der Waals surface area contributed by atoms with Gasteiger partial charge in [0.25, 0.3) is 0 Å². The molecule has 1 N–H and O–H groups in total. The number of rotatable bonds is 8. The number of aliphatic hydroxyl groups is 1. The molecule has 4 heterocycles. The van der Waals surface area contributed by atoms with Gasteiger partial charge in [-0.3, -0.25) is 14.4 Å². The highest BCUT2D eigenvalue weighted by molar-refractivity contribution is 6.00. The van der Waals surface area contributed by atoms with Crippen LogP contribution < -0.4 is 0 Å². The lowest BCUT2D eigenvalue weighted by Crippen LogP contribution is -2.57. The van der Waals surface area contributed by atoms with Crippen LogP contribution in [-0.4, -0.2) is 87.1 Å². The lowest BCUT2D eigenvalue weighted by molar-refractivity contribution is -0.154. The first kappa shape index (κ1) is 28.2. The normalized spacial score (nSPS) is 33.6. The van der Waals surface area contributed by atoms with Crippen LogP contribution in [0.25, 0.3) is 0 Å². The van der Waals surface area contributed by atoms with Crippen LogP contribution in [0, 0.1) is 11.8 Å². The van der Waals surface area contributed by atoms with Crippen LogP contribution in [0.5, 0.6) is 0 Å². The molecule has 220 valence electrons. The lowest BCUT2D eigenvalue weighted by atomic mass is 9.74. The van der Waals surface area contributed by atoms with E-state index in [1.165, 1.54) is 6.42 Å². The molecule has 3 fully saturated rings. The van der Waals surface area contributed by atoms with Crippen LogP contribution in [0.1, 0.15) is 63.9 Å². The Morgan fingerprint density at radius 2 is 1.63 bits per heavy atom. The van der Waals surface area contributed by atoms with E-state index in [-0.39, 0.29) is 30.4 Å². The molecule has 3 amide bonds. The van der Waals surface area contributed by atoms with E-state index in [4.69, 9.17) is 4.74 Å². The third kappa shape index (κ3) is 4.83. The predicted octanol–water partition coefficient (Wildman–Crippen LogP) is 3.45. The minimum atomic E-state index is -1.20. The van der Waals surface area contributed by atoms with Crippen LogP contribution in [0.3, 0.4) is 0 Å². The van der Waals surface area contributed by atoms with Crippen molar-refractivity contribution in [3.8, 4) is 0 Å². The fourth-order valence-corrected chi connectivity index (χ4v) is 8.07. The second-order valence-electron chi connectivity index (χ2n) is 12.6. The van der Waals surface area contributed by atoms with Crippen molar-refractivity contribution in [2.24, 2.45) is 11.8 Å². The van der Waals surface area contributed by atoms with Gasteiger partial charge in [0.05, 0.1) is 17.4 Å². The number of hydrogen-bond donors (Lipinski definition) is 1. The standard InChI is InChI=1S/C33H43N3O5/c1-32-17-11-19-34(23-24-13-5-2-6-14-24)29(38)26(32)27-30(39)36(20-9-4-10-22-37)28-31(40)35(25-15-7-3-8-16-25)21-12-18-33(27,28)41-32/h2,5-6,11-14,17-18,25-28,37H,3-4,7-10,15-16,19-23H2,1H3/t26-,27+,28?,32+,33+/m1/s1. The number of benzene rings is 1. The van der Waals surface area contributed by atoms with E-state index >= 15 is 0 Å². The van der Waals surface area contributed by atoms with Crippen LogP contribution >= 0.6 is 0 Å². The Balaban J connectivity index is 1.38. The minimum Gasteiger partial charge on any atom is -0.396 e. The van der Waals surface area contributed by atoms with Gasteiger partial charge in [-0.25, -0.2) is 0 Å². The summed E-state index contributed by atoms with van der Waals surface area (Å²) in [5.74, 6) is -1.85. The van der Waals surface area contributed by atoms with Gasteiger partial charge >= 0.3 is 0 Å². The van der Waals surface area contributed by atoms with Gasteiger partial charge in [-0.1, -0.05) is 73.9 Å². The molecule has 1 saturated carbocycles. The van der Waals surface area contributed by atoms with E-state index in [1.54, 1.807) is 4.90 Å². The summed E-state index contributed by atoms with van der Waals surface area (Å²) in [6.45, 7) is 3.80. The number of amides is 3. The van der Waals surface area contributed by atoms with E-state index in [0.29, 0.717) is 39.0 Å². The topological polar surface area (TPSA) is 90.4 Å². The zero-order valence-electron chi connectivity index (χ0n) is 24.1. The molecule has 41 heavy (non-hydrogen) atoms. The molecule has 1 aromatic carbocycles. The zero-order valence-corrected chi connectivity index (χ0v) is 24.1. The molecule has 5 aliphatic rings. The molecule has 6 rings (SSSR count). The van der Waals surface area contributed by atoms with E-state index in [1.807, 2.05) is 71.4 Å². The summed E-state index contributed by atoms with van der Waals surface area (Å²) in [6.07, 6.45) is 15.3. The largest absolute Gasteiger partial charge is 0.396 e. The Morgan fingerprint density at radius 1 is 0.878 bits per heavy atom. The minimum absolute atomic E-state index is 0.0578. The van der Waals surface area contributed by atoms with Crippen LogP contribution in [0.4, 0.5) is 0 Å². The first-order chi connectivity index (χ1) is 19.9. The average Bonchev–Trinajstić information content (AvgIpc) is 3.24. The first-order valence-electron chi connectivity index (χ1n) is 15.5. The molecule has 0 aromatic heterocycles. The van der Waals surface area contributed by atoms with Gasteiger partial charge in [-0.05, 0) is 44.6 Å². The summed E-state index contributed by atoms with van der Waals surface area (Å²) in [4.78, 5) is 48.9. The molecule has 0 radical (unpaired) electrons. The molecular weight excluding hydrogens is 518 g/mol. The number of nitrogens with zero attached hydrogens (tertiary/aromatic N) is 3. The van der Waals surface area contributed by atoms with Gasteiger partial charge in [0.2, 0.25) is 17.7 Å². The highest BCUT2D eigenvalue weighted by Gasteiger charge is 2.74. The summed E-state index contributed by atoms with van der Waals surface area (Å²) in [5.41, 5.74) is -1.18. The van der Waals surface area contributed by atoms with Crippen molar-refractivity contribution in [3.05, 3.63) is 60.2 Å². The highest BCUT2D eigenvalue weighted by atomic mass is 16.5. The van der Waals surface area contributed by atoms with Gasteiger partial charge in [-0.2, -0.15) is 0 Å².